The predicted octanol–water partition coefficient (Wildman–Crippen LogP) is 1.45. The van der Waals surface area contributed by atoms with Crippen molar-refractivity contribution in [2.45, 2.75) is 36.8 Å². The normalized spacial score (nSPS) is 24.4. The van der Waals surface area contributed by atoms with Crippen LogP contribution < -0.4 is 4.72 Å². The first-order valence-corrected chi connectivity index (χ1v) is 7.12. The summed E-state index contributed by atoms with van der Waals surface area (Å²) >= 11 is 0. The molecule has 1 aromatic rings. The van der Waals surface area contributed by atoms with Gasteiger partial charge in [0, 0.05) is 13.2 Å². The molecule has 0 unspecified atom stereocenters. The molecule has 0 aromatic heterocycles. The zero-order valence-corrected chi connectivity index (χ0v) is 10.8. The molecule has 0 saturated heterocycles. The van der Waals surface area contributed by atoms with Gasteiger partial charge in [-0.15, -0.1) is 0 Å². The Morgan fingerprint density at radius 1 is 1.29 bits per heavy atom. The van der Waals surface area contributed by atoms with Crippen LogP contribution in [0.1, 0.15) is 18.4 Å². The van der Waals surface area contributed by atoms with Crippen molar-refractivity contribution < 1.29 is 13.2 Å². The second kappa shape index (κ2) is 4.76. The molecule has 0 atom stereocenters. The third-order valence-corrected chi connectivity index (χ3v) is 4.81. The van der Waals surface area contributed by atoms with Crippen LogP contribution in [0.2, 0.25) is 0 Å². The number of benzene rings is 1. The van der Waals surface area contributed by atoms with Gasteiger partial charge in [-0.3, -0.25) is 0 Å². The van der Waals surface area contributed by atoms with E-state index in [1.54, 1.807) is 32.2 Å². The van der Waals surface area contributed by atoms with E-state index in [2.05, 4.69) is 4.72 Å². The highest BCUT2D eigenvalue weighted by atomic mass is 32.2. The summed E-state index contributed by atoms with van der Waals surface area (Å²) in [7, 11) is -1.74. The number of aryl methyl sites for hydroxylation is 1. The molecule has 0 radical (unpaired) electrons. The summed E-state index contributed by atoms with van der Waals surface area (Å²) in [5.74, 6) is 0. The van der Waals surface area contributed by atoms with E-state index < -0.39 is 10.0 Å². The average Bonchev–Trinajstić information content (AvgIpc) is 2.23. The molecule has 94 valence electrons. The van der Waals surface area contributed by atoms with Gasteiger partial charge in [0.2, 0.25) is 10.0 Å². The van der Waals surface area contributed by atoms with Gasteiger partial charge in [-0.05, 0) is 31.4 Å². The fourth-order valence-electron chi connectivity index (χ4n) is 2.00. The molecule has 0 bridgehead atoms. The number of rotatable bonds is 4. The summed E-state index contributed by atoms with van der Waals surface area (Å²) < 4.78 is 32.0. The van der Waals surface area contributed by atoms with Crippen LogP contribution in [0.5, 0.6) is 0 Å². The molecule has 0 aliphatic heterocycles. The standard InChI is InChI=1S/C12H17NO3S/c1-9-5-3-4-6-12(9)17(14,15)13-10-7-11(8-10)16-2/h3-6,10-11,13H,7-8H2,1-2H3. The second-order valence-electron chi connectivity index (χ2n) is 4.41. The summed E-state index contributed by atoms with van der Waals surface area (Å²) in [6, 6.07) is 7.00. The minimum atomic E-state index is -3.39. The SMILES string of the molecule is COC1CC(NS(=O)(=O)c2ccccc2C)C1. The number of hydrogen-bond acceptors (Lipinski definition) is 3. The topological polar surface area (TPSA) is 55.4 Å². The summed E-state index contributed by atoms with van der Waals surface area (Å²) in [5, 5.41) is 0. The zero-order chi connectivity index (χ0) is 12.5. The van der Waals surface area contributed by atoms with Gasteiger partial charge in [-0.2, -0.15) is 0 Å². The van der Waals surface area contributed by atoms with Crippen molar-refractivity contribution in [3.05, 3.63) is 29.8 Å². The molecule has 0 heterocycles. The van der Waals surface area contributed by atoms with E-state index in [9.17, 15) is 8.42 Å². The van der Waals surface area contributed by atoms with E-state index in [1.165, 1.54) is 0 Å². The van der Waals surface area contributed by atoms with E-state index in [4.69, 9.17) is 4.74 Å². The third-order valence-electron chi connectivity index (χ3n) is 3.13. The van der Waals surface area contributed by atoms with E-state index in [-0.39, 0.29) is 12.1 Å². The fraction of sp³-hybridized carbons (Fsp3) is 0.500. The van der Waals surface area contributed by atoms with Crippen LogP contribution in [0.25, 0.3) is 0 Å². The Balaban J connectivity index is 2.08. The summed E-state index contributed by atoms with van der Waals surface area (Å²) in [4.78, 5) is 0.362. The molecule has 0 amide bonds. The molecule has 1 N–H and O–H groups in total. The molecule has 1 aromatic carbocycles. The minimum absolute atomic E-state index is 0.00422. The molecule has 1 aliphatic rings. The lowest BCUT2D eigenvalue weighted by Gasteiger charge is -2.34. The van der Waals surface area contributed by atoms with Crippen LogP contribution in [0.15, 0.2) is 29.2 Å². The first kappa shape index (κ1) is 12.5. The minimum Gasteiger partial charge on any atom is -0.381 e. The fourth-order valence-corrected chi connectivity index (χ4v) is 3.50. The lowest BCUT2D eigenvalue weighted by molar-refractivity contribution is 0.0236. The van der Waals surface area contributed by atoms with Crippen molar-refractivity contribution in [1.29, 1.82) is 0 Å². The van der Waals surface area contributed by atoms with E-state index >= 15 is 0 Å². The number of methoxy groups -OCH3 is 1. The molecule has 1 saturated carbocycles. The average molecular weight is 255 g/mol. The monoisotopic (exact) mass is 255 g/mol. The zero-order valence-electron chi connectivity index (χ0n) is 10.0. The van der Waals surface area contributed by atoms with E-state index in [0.717, 1.165) is 18.4 Å². The van der Waals surface area contributed by atoms with Crippen LogP contribution in [-0.4, -0.2) is 27.7 Å². The van der Waals surface area contributed by atoms with E-state index in [0.29, 0.717) is 4.90 Å². The van der Waals surface area contributed by atoms with Gasteiger partial charge in [0.1, 0.15) is 0 Å². The van der Waals surface area contributed by atoms with Gasteiger partial charge in [-0.1, -0.05) is 18.2 Å². The maximum absolute atomic E-state index is 12.1. The molecule has 0 spiro atoms. The molecule has 1 fully saturated rings. The van der Waals surface area contributed by atoms with Crippen molar-refractivity contribution in [3.8, 4) is 0 Å². The molecule has 4 nitrogen and oxygen atoms in total. The highest BCUT2D eigenvalue weighted by molar-refractivity contribution is 7.89. The highest BCUT2D eigenvalue weighted by Crippen LogP contribution is 2.25. The van der Waals surface area contributed by atoms with Crippen LogP contribution >= 0.6 is 0 Å². The Morgan fingerprint density at radius 2 is 1.94 bits per heavy atom. The smallest absolute Gasteiger partial charge is 0.241 e. The lowest BCUT2D eigenvalue weighted by Crippen LogP contribution is -2.47. The summed E-state index contributed by atoms with van der Waals surface area (Å²) in [5.41, 5.74) is 0.766. The number of nitrogens with one attached hydrogen (secondary N) is 1. The molecule has 5 heteroatoms. The Bertz CT molecular complexity index is 492. The number of ether oxygens (including phenoxy) is 1. The first-order chi connectivity index (χ1) is 8.03. The van der Waals surface area contributed by atoms with Crippen LogP contribution in [-0.2, 0) is 14.8 Å². The number of sulfonamides is 1. The largest absolute Gasteiger partial charge is 0.381 e. The predicted molar refractivity (Wildman–Crippen MR) is 65.3 cm³/mol. The van der Waals surface area contributed by atoms with Gasteiger partial charge in [0.25, 0.3) is 0 Å². The number of hydrogen-bond donors (Lipinski definition) is 1. The molecular formula is C12H17NO3S. The highest BCUT2D eigenvalue weighted by Gasteiger charge is 2.32. The molecule has 2 rings (SSSR count). The van der Waals surface area contributed by atoms with Gasteiger partial charge in [-0.25, -0.2) is 13.1 Å². The summed E-state index contributed by atoms with van der Waals surface area (Å²) in [6.45, 7) is 1.80. The maximum Gasteiger partial charge on any atom is 0.241 e. The van der Waals surface area contributed by atoms with Gasteiger partial charge >= 0.3 is 0 Å². The van der Waals surface area contributed by atoms with Gasteiger partial charge < -0.3 is 4.74 Å². The Kier molecular flexibility index (Phi) is 3.51. The van der Waals surface area contributed by atoms with Gasteiger partial charge in [0.05, 0.1) is 11.0 Å². The van der Waals surface area contributed by atoms with Crippen molar-refractivity contribution in [3.63, 3.8) is 0 Å². The summed E-state index contributed by atoms with van der Waals surface area (Å²) in [6.07, 6.45) is 1.70. The van der Waals surface area contributed by atoms with Crippen molar-refractivity contribution in [2.75, 3.05) is 7.11 Å². The Labute approximate surface area is 102 Å². The quantitative estimate of drug-likeness (QED) is 0.886. The maximum atomic E-state index is 12.1. The molecule has 17 heavy (non-hydrogen) atoms. The second-order valence-corrected chi connectivity index (χ2v) is 6.10. The molecule has 1 aliphatic carbocycles. The van der Waals surface area contributed by atoms with Gasteiger partial charge in [0.15, 0.2) is 0 Å². The van der Waals surface area contributed by atoms with Crippen LogP contribution in [0, 0.1) is 6.92 Å². The first-order valence-electron chi connectivity index (χ1n) is 5.63. The lowest BCUT2D eigenvalue weighted by atomic mass is 9.90. The Morgan fingerprint density at radius 3 is 2.53 bits per heavy atom. The van der Waals surface area contributed by atoms with Crippen LogP contribution in [0.4, 0.5) is 0 Å². The van der Waals surface area contributed by atoms with Crippen LogP contribution in [0.3, 0.4) is 0 Å². The van der Waals surface area contributed by atoms with E-state index in [1.807, 2.05) is 6.07 Å². The van der Waals surface area contributed by atoms with Crippen molar-refractivity contribution >= 4 is 10.0 Å². The van der Waals surface area contributed by atoms with Crippen molar-refractivity contribution in [1.82, 2.24) is 4.72 Å². The third kappa shape index (κ3) is 2.68. The van der Waals surface area contributed by atoms with Crippen molar-refractivity contribution in [2.24, 2.45) is 0 Å². The Hall–Kier alpha value is -0.910. The molecular weight excluding hydrogens is 238 g/mol.